The lowest BCUT2D eigenvalue weighted by Crippen LogP contribution is -2.37. The number of ether oxygens (including phenoxy) is 1. The maximum atomic E-state index is 11.8. The Hall–Kier alpha value is -2.07. The van der Waals surface area contributed by atoms with Gasteiger partial charge in [-0.3, -0.25) is 4.68 Å². The molecule has 1 aromatic heterocycles. The molecule has 1 aromatic rings. The second-order valence-electron chi connectivity index (χ2n) is 5.15. The van der Waals surface area contributed by atoms with Crippen LogP contribution >= 0.6 is 0 Å². The van der Waals surface area contributed by atoms with Crippen LogP contribution in [0.1, 0.15) is 32.6 Å². The zero-order valence-electron chi connectivity index (χ0n) is 12.2. The normalized spacial score (nSPS) is 19.0. The van der Waals surface area contributed by atoms with E-state index in [1.54, 1.807) is 17.1 Å². The molecule has 1 saturated heterocycles. The molecule has 114 valence electrons. The molecule has 0 aromatic carbocycles. The fraction of sp³-hybridized carbons (Fsp3) is 0.643. The molecule has 21 heavy (non-hydrogen) atoms. The summed E-state index contributed by atoms with van der Waals surface area (Å²) in [7, 11) is 0. The van der Waals surface area contributed by atoms with Gasteiger partial charge in [-0.15, -0.1) is 0 Å². The lowest BCUT2D eigenvalue weighted by molar-refractivity contribution is 0.0940. The maximum absolute atomic E-state index is 11.8. The van der Waals surface area contributed by atoms with Crippen LogP contribution in [0.2, 0.25) is 0 Å². The Bertz CT molecular complexity index is 502. The van der Waals surface area contributed by atoms with Gasteiger partial charge in [0.15, 0.2) is 0 Å². The maximum Gasteiger partial charge on any atom is 0.319 e. The number of carbonyl (C=O) groups is 1. The van der Waals surface area contributed by atoms with Crippen LogP contribution < -0.4 is 10.6 Å². The van der Waals surface area contributed by atoms with E-state index in [1.807, 2.05) is 6.92 Å². The molecule has 1 fully saturated rings. The zero-order valence-corrected chi connectivity index (χ0v) is 12.2. The molecule has 7 nitrogen and oxygen atoms in total. The summed E-state index contributed by atoms with van der Waals surface area (Å²) in [4.78, 5) is 11.8. The van der Waals surface area contributed by atoms with E-state index in [-0.39, 0.29) is 18.2 Å². The van der Waals surface area contributed by atoms with Crippen molar-refractivity contribution >= 4 is 11.7 Å². The van der Waals surface area contributed by atoms with E-state index in [0.29, 0.717) is 18.7 Å². The predicted octanol–water partition coefficient (Wildman–Crippen LogP) is 1.88. The van der Waals surface area contributed by atoms with Gasteiger partial charge >= 0.3 is 6.03 Å². The quantitative estimate of drug-likeness (QED) is 0.837. The summed E-state index contributed by atoms with van der Waals surface area (Å²) in [5, 5.41) is 18.4. The van der Waals surface area contributed by atoms with E-state index in [1.165, 1.54) is 0 Å². The molecule has 0 aliphatic carbocycles. The number of amides is 2. The molecule has 0 spiro atoms. The van der Waals surface area contributed by atoms with Gasteiger partial charge in [0.05, 0.1) is 37.0 Å². The number of rotatable bonds is 6. The smallest absolute Gasteiger partial charge is 0.319 e. The Morgan fingerprint density at radius 3 is 3.24 bits per heavy atom. The summed E-state index contributed by atoms with van der Waals surface area (Å²) in [6.07, 6.45) is 6.78. The molecule has 2 rings (SSSR count). The first-order chi connectivity index (χ1) is 10.2. The van der Waals surface area contributed by atoms with Gasteiger partial charge in [0.2, 0.25) is 0 Å². The Balaban J connectivity index is 1.81. The Kier molecular flexibility index (Phi) is 5.58. The first kappa shape index (κ1) is 15.3. The summed E-state index contributed by atoms with van der Waals surface area (Å²) in [6, 6.07) is 1.62. The van der Waals surface area contributed by atoms with E-state index < -0.39 is 0 Å². The Labute approximate surface area is 124 Å². The van der Waals surface area contributed by atoms with Gasteiger partial charge in [-0.1, -0.05) is 6.92 Å². The molecule has 0 bridgehead atoms. The molecule has 1 aliphatic rings. The van der Waals surface area contributed by atoms with Crippen molar-refractivity contribution in [3.63, 3.8) is 0 Å². The number of nitriles is 1. The van der Waals surface area contributed by atoms with Gasteiger partial charge in [0.1, 0.15) is 0 Å². The topological polar surface area (TPSA) is 92.0 Å². The van der Waals surface area contributed by atoms with Gasteiger partial charge in [0.25, 0.3) is 0 Å². The van der Waals surface area contributed by atoms with Crippen molar-refractivity contribution in [1.82, 2.24) is 15.1 Å². The fourth-order valence-corrected chi connectivity index (χ4v) is 2.29. The minimum atomic E-state index is -0.311. The van der Waals surface area contributed by atoms with Crippen LogP contribution in [0.15, 0.2) is 12.4 Å². The molecule has 7 heteroatoms. The number of aromatic nitrogens is 2. The lowest BCUT2D eigenvalue weighted by atomic mass is 10.2. The molecule has 0 saturated carbocycles. The molecule has 2 amide bonds. The third-order valence-electron chi connectivity index (χ3n) is 3.47. The highest BCUT2D eigenvalue weighted by molar-refractivity contribution is 5.89. The van der Waals surface area contributed by atoms with Gasteiger partial charge in [0, 0.05) is 18.8 Å². The molecule has 2 N–H and O–H groups in total. The minimum absolute atomic E-state index is 0.128. The van der Waals surface area contributed by atoms with Crippen molar-refractivity contribution in [1.29, 1.82) is 5.26 Å². The summed E-state index contributed by atoms with van der Waals surface area (Å²) in [6.45, 7) is 3.45. The lowest BCUT2D eigenvalue weighted by Gasteiger charge is -2.13. The van der Waals surface area contributed by atoms with Crippen molar-refractivity contribution in [3.8, 4) is 6.07 Å². The van der Waals surface area contributed by atoms with Gasteiger partial charge < -0.3 is 15.4 Å². The summed E-state index contributed by atoms with van der Waals surface area (Å²) < 4.78 is 7.33. The standard InChI is InChI=1S/C14H21N5O2/c1-2-11(5-6-15)17-14(20)18-12-8-16-19(9-12)10-13-4-3-7-21-13/h8-9,11,13H,2-5,7,10H2,1H3,(H2,17,18,20)/t11-,13+/m0/s1. The second kappa shape index (κ2) is 7.64. The largest absolute Gasteiger partial charge is 0.376 e. The molecular formula is C14H21N5O2. The molecule has 1 aliphatic heterocycles. The minimum Gasteiger partial charge on any atom is -0.376 e. The summed E-state index contributed by atoms with van der Waals surface area (Å²) in [5.41, 5.74) is 0.636. The van der Waals surface area contributed by atoms with Crippen LogP contribution in [-0.2, 0) is 11.3 Å². The molecule has 2 heterocycles. The molecule has 0 unspecified atom stereocenters. The van der Waals surface area contributed by atoms with Crippen molar-refractivity contribution in [2.24, 2.45) is 0 Å². The van der Waals surface area contributed by atoms with Crippen molar-refractivity contribution in [2.75, 3.05) is 11.9 Å². The van der Waals surface area contributed by atoms with Crippen LogP contribution in [0.25, 0.3) is 0 Å². The van der Waals surface area contributed by atoms with E-state index >= 15 is 0 Å². The summed E-state index contributed by atoms with van der Waals surface area (Å²) in [5.74, 6) is 0. The van der Waals surface area contributed by atoms with Crippen LogP contribution in [-0.4, -0.2) is 34.6 Å². The Morgan fingerprint density at radius 2 is 2.57 bits per heavy atom. The number of anilines is 1. The first-order valence-corrected chi connectivity index (χ1v) is 7.29. The predicted molar refractivity (Wildman–Crippen MR) is 77.7 cm³/mol. The third kappa shape index (κ3) is 4.76. The summed E-state index contributed by atoms with van der Waals surface area (Å²) >= 11 is 0. The first-order valence-electron chi connectivity index (χ1n) is 7.29. The average Bonchev–Trinajstić information content (AvgIpc) is 3.11. The average molecular weight is 291 g/mol. The molecular weight excluding hydrogens is 270 g/mol. The highest BCUT2D eigenvalue weighted by atomic mass is 16.5. The van der Waals surface area contributed by atoms with E-state index in [4.69, 9.17) is 10.00 Å². The van der Waals surface area contributed by atoms with Gasteiger partial charge in [-0.25, -0.2) is 4.79 Å². The van der Waals surface area contributed by atoms with Crippen LogP contribution in [0, 0.1) is 11.3 Å². The molecule has 0 radical (unpaired) electrons. The zero-order chi connectivity index (χ0) is 15.1. The number of hydrogen-bond donors (Lipinski definition) is 2. The SMILES string of the molecule is CC[C@@H](CC#N)NC(=O)Nc1cnn(C[C@H]2CCCO2)c1. The van der Waals surface area contributed by atoms with E-state index in [0.717, 1.165) is 25.9 Å². The number of nitrogens with one attached hydrogen (secondary N) is 2. The van der Waals surface area contributed by atoms with Crippen molar-refractivity contribution in [2.45, 2.75) is 51.3 Å². The number of hydrogen-bond acceptors (Lipinski definition) is 4. The highest BCUT2D eigenvalue weighted by Crippen LogP contribution is 2.14. The number of nitrogens with zero attached hydrogens (tertiary/aromatic N) is 3. The van der Waals surface area contributed by atoms with Crippen LogP contribution in [0.3, 0.4) is 0 Å². The van der Waals surface area contributed by atoms with E-state index in [9.17, 15) is 4.79 Å². The fourth-order valence-electron chi connectivity index (χ4n) is 2.29. The molecule has 2 atom stereocenters. The third-order valence-corrected chi connectivity index (χ3v) is 3.47. The highest BCUT2D eigenvalue weighted by Gasteiger charge is 2.16. The van der Waals surface area contributed by atoms with Gasteiger partial charge in [-0.05, 0) is 19.3 Å². The Morgan fingerprint density at radius 1 is 1.71 bits per heavy atom. The van der Waals surface area contributed by atoms with Crippen molar-refractivity contribution in [3.05, 3.63) is 12.4 Å². The van der Waals surface area contributed by atoms with Crippen LogP contribution in [0.5, 0.6) is 0 Å². The monoisotopic (exact) mass is 291 g/mol. The van der Waals surface area contributed by atoms with Crippen molar-refractivity contribution < 1.29 is 9.53 Å². The number of carbonyl (C=O) groups excluding carboxylic acids is 1. The second-order valence-corrected chi connectivity index (χ2v) is 5.15. The van der Waals surface area contributed by atoms with E-state index in [2.05, 4.69) is 21.8 Å². The van der Waals surface area contributed by atoms with Crippen LogP contribution in [0.4, 0.5) is 10.5 Å². The number of urea groups is 1. The van der Waals surface area contributed by atoms with Gasteiger partial charge in [-0.2, -0.15) is 10.4 Å².